The molecule has 3 fully saturated rings. The van der Waals surface area contributed by atoms with Crippen LogP contribution >= 0.6 is 0 Å². The Labute approximate surface area is 205 Å². The van der Waals surface area contributed by atoms with Crippen molar-refractivity contribution in [2.75, 3.05) is 6.61 Å². The molecule has 4 rings (SSSR count). The molecule has 4 atom stereocenters. The van der Waals surface area contributed by atoms with Gasteiger partial charge in [0, 0.05) is 6.07 Å². The third-order valence-corrected chi connectivity index (χ3v) is 8.92. The van der Waals surface area contributed by atoms with Crippen molar-refractivity contribution in [3.05, 3.63) is 36.2 Å². The van der Waals surface area contributed by atoms with E-state index in [-0.39, 0.29) is 23.4 Å². The Hall–Kier alpha value is -1.84. The summed E-state index contributed by atoms with van der Waals surface area (Å²) in [5, 5.41) is 0. The van der Waals surface area contributed by atoms with Gasteiger partial charge in [0.1, 0.15) is 12.4 Å². The van der Waals surface area contributed by atoms with Crippen LogP contribution in [0.4, 0.5) is 4.39 Å². The number of carbonyl (C=O) groups is 1. The molecule has 4 unspecified atom stereocenters. The normalized spacial score (nSPS) is 31.7. The van der Waals surface area contributed by atoms with Crippen LogP contribution in [0.15, 0.2) is 30.4 Å². The van der Waals surface area contributed by atoms with Gasteiger partial charge in [0.25, 0.3) is 0 Å². The Morgan fingerprint density at radius 1 is 0.971 bits per heavy atom. The molecule has 3 nitrogen and oxygen atoms in total. The maximum absolute atomic E-state index is 14.3. The van der Waals surface area contributed by atoms with E-state index >= 15 is 0 Å². The predicted molar refractivity (Wildman–Crippen MR) is 134 cm³/mol. The topological polar surface area (TPSA) is 35.5 Å². The molecule has 3 saturated carbocycles. The third kappa shape index (κ3) is 6.43. The Morgan fingerprint density at radius 3 is 2.35 bits per heavy atom. The SMILES string of the molecule is C/C=C/COc1ccc(OC(=O)C2CCC(C3CCC4CC(CCC)CCC4C3)CC2)cc1F. The molecule has 1 aromatic rings. The van der Waals surface area contributed by atoms with Gasteiger partial charge in [-0.05, 0) is 106 Å². The van der Waals surface area contributed by atoms with Crippen LogP contribution in [0, 0.1) is 41.3 Å². The van der Waals surface area contributed by atoms with Gasteiger partial charge in [0.15, 0.2) is 11.6 Å². The smallest absolute Gasteiger partial charge is 0.314 e. The molecule has 188 valence electrons. The third-order valence-electron chi connectivity index (χ3n) is 8.92. The minimum absolute atomic E-state index is 0.0641. The fourth-order valence-corrected chi connectivity index (χ4v) is 7.04. The lowest BCUT2D eigenvalue weighted by molar-refractivity contribution is -0.140. The quantitative estimate of drug-likeness (QED) is 0.219. The number of carbonyl (C=O) groups excluding carboxylic acids is 1. The summed E-state index contributed by atoms with van der Waals surface area (Å²) in [4.78, 5) is 12.7. The molecule has 0 aliphatic heterocycles. The minimum atomic E-state index is -0.502. The van der Waals surface area contributed by atoms with Crippen molar-refractivity contribution in [3.8, 4) is 11.5 Å². The number of rotatable bonds is 8. The number of hydrogen-bond donors (Lipinski definition) is 0. The van der Waals surface area contributed by atoms with Crippen molar-refractivity contribution in [1.29, 1.82) is 0 Å². The molecule has 1 aromatic carbocycles. The zero-order chi connectivity index (χ0) is 23.9. The van der Waals surface area contributed by atoms with E-state index in [1.54, 1.807) is 6.07 Å². The summed E-state index contributed by atoms with van der Waals surface area (Å²) in [5.41, 5.74) is 0. The number of allylic oxidation sites excluding steroid dienone is 1. The van der Waals surface area contributed by atoms with E-state index in [0.717, 1.165) is 55.3 Å². The Kier molecular flexibility index (Phi) is 9.08. The summed E-state index contributed by atoms with van der Waals surface area (Å²) in [6.45, 7) is 4.53. The fraction of sp³-hybridized carbons (Fsp3) is 0.700. The number of benzene rings is 1. The van der Waals surface area contributed by atoms with Crippen molar-refractivity contribution in [2.45, 2.75) is 90.9 Å². The lowest BCUT2D eigenvalue weighted by Gasteiger charge is -2.45. The van der Waals surface area contributed by atoms with Crippen LogP contribution in [0.3, 0.4) is 0 Å². The Morgan fingerprint density at radius 2 is 1.65 bits per heavy atom. The van der Waals surface area contributed by atoms with E-state index in [0.29, 0.717) is 6.61 Å². The first-order valence-electron chi connectivity index (χ1n) is 13.8. The summed E-state index contributed by atoms with van der Waals surface area (Å²) >= 11 is 0. The highest BCUT2D eigenvalue weighted by Gasteiger charge is 2.39. The second kappa shape index (κ2) is 12.2. The molecular weight excluding hydrogens is 427 g/mol. The van der Waals surface area contributed by atoms with E-state index < -0.39 is 5.82 Å². The maximum Gasteiger partial charge on any atom is 0.314 e. The van der Waals surface area contributed by atoms with Gasteiger partial charge in [0.05, 0.1) is 5.92 Å². The lowest BCUT2D eigenvalue weighted by Crippen LogP contribution is -2.35. The number of halogens is 1. The van der Waals surface area contributed by atoms with Gasteiger partial charge in [-0.2, -0.15) is 0 Å². The minimum Gasteiger partial charge on any atom is -0.486 e. The number of ether oxygens (including phenoxy) is 2. The highest BCUT2D eigenvalue weighted by atomic mass is 19.1. The molecule has 34 heavy (non-hydrogen) atoms. The van der Waals surface area contributed by atoms with Crippen molar-refractivity contribution < 1.29 is 18.7 Å². The van der Waals surface area contributed by atoms with Crippen LogP contribution in [0.5, 0.6) is 11.5 Å². The van der Waals surface area contributed by atoms with E-state index in [1.165, 1.54) is 63.5 Å². The average molecular weight is 471 g/mol. The van der Waals surface area contributed by atoms with Crippen LogP contribution in [0.25, 0.3) is 0 Å². The molecular formula is C30H43FO3. The fourth-order valence-electron chi connectivity index (χ4n) is 7.04. The predicted octanol–water partition coefficient (Wildman–Crippen LogP) is 8.13. The van der Waals surface area contributed by atoms with Crippen molar-refractivity contribution in [2.24, 2.45) is 35.5 Å². The van der Waals surface area contributed by atoms with Gasteiger partial charge >= 0.3 is 5.97 Å². The molecule has 0 aromatic heterocycles. The van der Waals surface area contributed by atoms with Crippen LogP contribution in [0.2, 0.25) is 0 Å². The molecule has 0 saturated heterocycles. The number of fused-ring (bicyclic) bond motifs is 1. The highest BCUT2D eigenvalue weighted by Crippen LogP contribution is 2.49. The largest absolute Gasteiger partial charge is 0.486 e. The highest BCUT2D eigenvalue weighted by molar-refractivity contribution is 5.75. The van der Waals surface area contributed by atoms with Gasteiger partial charge in [-0.1, -0.05) is 38.3 Å². The average Bonchev–Trinajstić information content (AvgIpc) is 2.85. The maximum atomic E-state index is 14.3. The molecule has 0 heterocycles. The van der Waals surface area contributed by atoms with Crippen LogP contribution < -0.4 is 9.47 Å². The summed E-state index contributed by atoms with van der Waals surface area (Å²) in [7, 11) is 0. The zero-order valence-electron chi connectivity index (χ0n) is 21.1. The summed E-state index contributed by atoms with van der Waals surface area (Å²) in [6.07, 6.45) is 19.1. The zero-order valence-corrected chi connectivity index (χ0v) is 21.1. The van der Waals surface area contributed by atoms with Gasteiger partial charge in [-0.15, -0.1) is 0 Å². The van der Waals surface area contributed by atoms with Crippen LogP contribution in [-0.4, -0.2) is 12.6 Å². The Bertz CT molecular complexity index is 826. The van der Waals surface area contributed by atoms with Crippen molar-refractivity contribution >= 4 is 5.97 Å². The van der Waals surface area contributed by atoms with E-state index in [2.05, 4.69) is 6.92 Å². The molecule has 0 spiro atoms. The van der Waals surface area contributed by atoms with Gasteiger partial charge in [0.2, 0.25) is 0 Å². The summed E-state index contributed by atoms with van der Waals surface area (Å²) < 4.78 is 25.2. The molecule has 4 heteroatoms. The molecule has 3 aliphatic carbocycles. The monoisotopic (exact) mass is 470 g/mol. The van der Waals surface area contributed by atoms with Crippen LogP contribution in [0.1, 0.15) is 90.9 Å². The first kappa shape index (κ1) is 25.3. The van der Waals surface area contributed by atoms with Crippen LogP contribution in [-0.2, 0) is 4.79 Å². The van der Waals surface area contributed by atoms with Crippen molar-refractivity contribution in [1.82, 2.24) is 0 Å². The second-order valence-corrected chi connectivity index (χ2v) is 11.1. The van der Waals surface area contributed by atoms with E-state index in [4.69, 9.17) is 9.47 Å². The molecule has 0 radical (unpaired) electrons. The summed E-state index contributed by atoms with van der Waals surface area (Å²) in [6, 6.07) is 4.40. The first-order chi connectivity index (χ1) is 16.6. The number of hydrogen-bond acceptors (Lipinski definition) is 3. The molecule has 0 N–H and O–H groups in total. The van der Waals surface area contributed by atoms with Crippen molar-refractivity contribution in [3.63, 3.8) is 0 Å². The molecule has 0 amide bonds. The standard InChI is InChI=1S/C30H43FO3/c1-3-5-17-33-29-16-15-27(20-28(29)31)34-30(32)23-11-9-22(10-12-23)25-14-13-24-18-21(6-4-2)7-8-26(24)19-25/h3,5,15-16,20-26H,4,6-14,17-19H2,1-2H3/b5-3+. The van der Waals surface area contributed by atoms with E-state index in [9.17, 15) is 9.18 Å². The van der Waals surface area contributed by atoms with Gasteiger partial charge in [-0.25, -0.2) is 4.39 Å². The Balaban J connectivity index is 1.22. The van der Waals surface area contributed by atoms with Gasteiger partial charge in [-0.3, -0.25) is 4.79 Å². The second-order valence-electron chi connectivity index (χ2n) is 11.1. The van der Waals surface area contributed by atoms with E-state index in [1.807, 2.05) is 19.1 Å². The molecule has 3 aliphatic rings. The summed E-state index contributed by atoms with van der Waals surface area (Å²) in [5.74, 6) is 4.20. The number of esters is 1. The first-order valence-corrected chi connectivity index (χ1v) is 13.8. The van der Waals surface area contributed by atoms with Gasteiger partial charge < -0.3 is 9.47 Å². The molecule has 0 bridgehead atoms. The lowest BCUT2D eigenvalue weighted by atomic mass is 9.60.